The molecule has 2 heteroatoms. The zero-order chi connectivity index (χ0) is 14.7. The Hall–Kier alpha value is 0.177. The first-order valence-corrected chi connectivity index (χ1v) is 10.4. The Balaban J connectivity index is 2.89. The summed E-state index contributed by atoms with van der Waals surface area (Å²) in [6, 6.07) is 1.27. The molecule has 0 aromatic carbocycles. The van der Waals surface area contributed by atoms with Gasteiger partial charge in [-0.05, 0) is 12.5 Å². The lowest BCUT2D eigenvalue weighted by Gasteiger charge is -2.04. The first-order chi connectivity index (χ1) is 9.91. The summed E-state index contributed by atoms with van der Waals surface area (Å²) in [6.45, 7) is 5.53. The molecular weight excluding hydrogens is 260 g/mol. The molecule has 0 aliphatic rings. The third-order valence-electron chi connectivity index (χ3n) is 3.83. The van der Waals surface area contributed by atoms with Crippen LogP contribution in [0.5, 0.6) is 0 Å². The number of rotatable bonds is 17. The maximum absolute atomic E-state index is 5.66. The van der Waals surface area contributed by atoms with Gasteiger partial charge in [0, 0.05) is 6.61 Å². The van der Waals surface area contributed by atoms with Gasteiger partial charge in [-0.25, -0.2) is 0 Å². The van der Waals surface area contributed by atoms with Gasteiger partial charge >= 0.3 is 0 Å². The third-order valence-corrected chi connectivity index (χ3v) is 4.80. The summed E-state index contributed by atoms with van der Waals surface area (Å²) < 4.78 is 5.66. The first-order valence-electron chi connectivity index (χ1n) is 9.26. The van der Waals surface area contributed by atoms with E-state index in [9.17, 15) is 0 Å². The van der Waals surface area contributed by atoms with Crippen molar-refractivity contribution in [1.29, 1.82) is 0 Å². The fourth-order valence-electron chi connectivity index (χ4n) is 2.41. The summed E-state index contributed by atoms with van der Waals surface area (Å²) in [7, 11) is 0.750. The average Bonchev–Trinajstić information content (AvgIpc) is 2.47. The molecule has 0 N–H and O–H groups in total. The van der Waals surface area contributed by atoms with Crippen LogP contribution >= 0.6 is 0 Å². The Bertz CT molecular complexity index is 143. The van der Waals surface area contributed by atoms with Gasteiger partial charge < -0.3 is 4.43 Å². The Morgan fingerprint density at radius 3 is 1.50 bits per heavy atom. The molecule has 0 unspecified atom stereocenters. The van der Waals surface area contributed by atoms with Crippen LogP contribution in [0, 0.1) is 0 Å². The quantitative estimate of drug-likeness (QED) is 0.219. The second-order valence-electron chi connectivity index (χ2n) is 5.99. The molecule has 0 aliphatic heterocycles. The Labute approximate surface area is 131 Å². The van der Waals surface area contributed by atoms with Gasteiger partial charge in [0.2, 0.25) is 9.76 Å². The lowest BCUT2D eigenvalue weighted by molar-refractivity contribution is 0.319. The van der Waals surface area contributed by atoms with Crippen molar-refractivity contribution in [3.05, 3.63) is 0 Å². The van der Waals surface area contributed by atoms with E-state index in [0.717, 1.165) is 16.4 Å². The highest BCUT2D eigenvalue weighted by atomic mass is 28.2. The van der Waals surface area contributed by atoms with Gasteiger partial charge in [-0.3, -0.25) is 0 Å². The van der Waals surface area contributed by atoms with E-state index in [1.54, 1.807) is 0 Å². The van der Waals surface area contributed by atoms with Gasteiger partial charge in [-0.15, -0.1) is 0 Å². The molecule has 0 fully saturated rings. The average molecular weight is 299 g/mol. The molecule has 0 aromatic rings. The van der Waals surface area contributed by atoms with Crippen LogP contribution in [0.1, 0.15) is 104 Å². The second-order valence-corrected chi connectivity index (χ2v) is 7.06. The number of unbranched alkanes of at least 4 members (excludes halogenated alkanes) is 12. The summed E-state index contributed by atoms with van der Waals surface area (Å²) in [6.07, 6.45) is 19.7. The van der Waals surface area contributed by atoms with E-state index in [2.05, 4.69) is 13.8 Å². The van der Waals surface area contributed by atoms with Gasteiger partial charge in [-0.1, -0.05) is 97.3 Å². The van der Waals surface area contributed by atoms with Gasteiger partial charge in [0.1, 0.15) is 0 Å². The van der Waals surface area contributed by atoms with Gasteiger partial charge in [0.05, 0.1) is 0 Å². The van der Waals surface area contributed by atoms with E-state index in [0.29, 0.717) is 0 Å². The van der Waals surface area contributed by atoms with Crippen molar-refractivity contribution >= 4 is 9.76 Å². The Kier molecular flexibility index (Phi) is 19.3. The van der Waals surface area contributed by atoms with Crippen LogP contribution < -0.4 is 0 Å². The minimum Gasteiger partial charge on any atom is -0.417 e. The van der Waals surface area contributed by atoms with Crippen LogP contribution in [0.15, 0.2) is 0 Å². The standard InChI is InChI=1S/C18H38OSi/c1-3-5-7-8-9-10-11-12-13-14-15-16-17-19-20-18-6-4-2/h3-18H2,1-2H3. The molecular formula is C18H38OSi. The fourth-order valence-corrected chi connectivity index (χ4v) is 3.34. The molecule has 0 amide bonds. The summed E-state index contributed by atoms with van der Waals surface area (Å²) >= 11 is 0. The molecule has 120 valence electrons. The highest BCUT2D eigenvalue weighted by molar-refractivity contribution is 6.26. The molecule has 0 atom stereocenters. The SMILES string of the molecule is CCCCCCCCCCCCCCO[Si]CCCC. The number of hydrogen-bond acceptors (Lipinski definition) is 1. The molecule has 0 saturated heterocycles. The molecule has 20 heavy (non-hydrogen) atoms. The lowest BCUT2D eigenvalue weighted by Crippen LogP contribution is -2.00. The highest BCUT2D eigenvalue weighted by Gasteiger charge is 1.94. The van der Waals surface area contributed by atoms with E-state index in [1.807, 2.05) is 0 Å². The van der Waals surface area contributed by atoms with Crippen molar-refractivity contribution in [2.75, 3.05) is 6.61 Å². The van der Waals surface area contributed by atoms with Gasteiger partial charge in [-0.2, -0.15) is 0 Å². The summed E-state index contributed by atoms with van der Waals surface area (Å²) in [4.78, 5) is 0. The van der Waals surface area contributed by atoms with Crippen LogP contribution in [0.25, 0.3) is 0 Å². The zero-order valence-electron chi connectivity index (χ0n) is 14.2. The van der Waals surface area contributed by atoms with Crippen LogP contribution in [-0.2, 0) is 4.43 Å². The van der Waals surface area contributed by atoms with Crippen LogP contribution in [-0.4, -0.2) is 16.4 Å². The van der Waals surface area contributed by atoms with E-state index >= 15 is 0 Å². The van der Waals surface area contributed by atoms with Crippen molar-refractivity contribution in [1.82, 2.24) is 0 Å². The molecule has 0 saturated carbocycles. The molecule has 0 aromatic heterocycles. The molecule has 0 bridgehead atoms. The van der Waals surface area contributed by atoms with Crippen molar-refractivity contribution in [2.24, 2.45) is 0 Å². The van der Waals surface area contributed by atoms with Crippen LogP contribution in [0.4, 0.5) is 0 Å². The van der Waals surface area contributed by atoms with E-state index in [4.69, 9.17) is 4.43 Å². The van der Waals surface area contributed by atoms with Crippen molar-refractivity contribution in [3.8, 4) is 0 Å². The van der Waals surface area contributed by atoms with Gasteiger partial charge in [0.25, 0.3) is 0 Å². The topological polar surface area (TPSA) is 9.23 Å². The van der Waals surface area contributed by atoms with E-state index in [-0.39, 0.29) is 0 Å². The largest absolute Gasteiger partial charge is 0.417 e. The van der Waals surface area contributed by atoms with Crippen molar-refractivity contribution in [3.63, 3.8) is 0 Å². The highest BCUT2D eigenvalue weighted by Crippen LogP contribution is 2.11. The maximum atomic E-state index is 5.66. The molecule has 1 nitrogen and oxygen atoms in total. The molecule has 0 spiro atoms. The van der Waals surface area contributed by atoms with Crippen LogP contribution in [0.3, 0.4) is 0 Å². The molecule has 0 heterocycles. The van der Waals surface area contributed by atoms with Gasteiger partial charge in [0.15, 0.2) is 0 Å². The predicted molar refractivity (Wildman–Crippen MR) is 92.5 cm³/mol. The fraction of sp³-hybridized carbons (Fsp3) is 1.00. The molecule has 0 aliphatic carbocycles. The Morgan fingerprint density at radius 1 is 0.550 bits per heavy atom. The molecule has 2 radical (unpaired) electrons. The Morgan fingerprint density at radius 2 is 1.00 bits per heavy atom. The van der Waals surface area contributed by atoms with Crippen molar-refractivity contribution < 1.29 is 4.43 Å². The minimum absolute atomic E-state index is 0.750. The predicted octanol–water partition coefficient (Wildman–Crippen LogP) is 6.54. The van der Waals surface area contributed by atoms with E-state index < -0.39 is 0 Å². The van der Waals surface area contributed by atoms with E-state index in [1.165, 1.54) is 95.9 Å². The first kappa shape index (κ1) is 20.2. The van der Waals surface area contributed by atoms with Crippen LogP contribution in [0.2, 0.25) is 6.04 Å². The maximum Gasteiger partial charge on any atom is 0.229 e. The second kappa shape index (κ2) is 19.2. The normalized spacial score (nSPS) is 11.1. The lowest BCUT2D eigenvalue weighted by atomic mass is 10.1. The summed E-state index contributed by atoms with van der Waals surface area (Å²) in [5.41, 5.74) is 0. The minimum atomic E-state index is 0.750. The zero-order valence-corrected chi connectivity index (χ0v) is 15.2. The summed E-state index contributed by atoms with van der Waals surface area (Å²) in [5.74, 6) is 0. The number of hydrogen-bond donors (Lipinski definition) is 0. The third kappa shape index (κ3) is 18.2. The smallest absolute Gasteiger partial charge is 0.229 e. The monoisotopic (exact) mass is 298 g/mol. The molecule has 0 rings (SSSR count). The van der Waals surface area contributed by atoms with Crippen molar-refractivity contribution in [2.45, 2.75) is 110 Å². The summed E-state index contributed by atoms with van der Waals surface area (Å²) in [5, 5.41) is 0.